The van der Waals surface area contributed by atoms with Crippen LogP contribution in [0.5, 0.6) is 5.75 Å². The Morgan fingerprint density at radius 1 is 1.00 bits per heavy atom. The fourth-order valence-electron chi connectivity index (χ4n) is 3.73. The van der Waals surface area contributed by atoms with E-state index in [1.165, 1.54) is 23.1 Å². The summed E-state index contributed by atoms with van der Waals surface area (Å²) in [4.78, 5) is 27.3. The van der Waals surface area contributed by atoms with E-state index >= 15 is 0 Å². The Hall–Kier alpha value is -3.93. The van der Waals surface area contributed by atoms with Gasteiger partial charge in [0.15, 0.2) is 0 Å². The summed E-state index contributed by atoms with van der Waals surface area (Å²) in [6.07, 6.45) is 0. The molecule has 1 heterocycles. The maximum absolute atomic E-state index is 13.9. The maximum atomic E-state index is 13.9. The normalized spacial score (nSPS) is 17.7. The molecule has 1 atom stereocenters. The molecule has 0 bridgehead atoms. The van der Waals surface area contributed by atoms with Crippen molar-refractivity contribution >= 4 is 23.1 Å². The third-order valence-electron chi connectivity index (χ3n) is 5.06. The topological polar surface area (TPSA) is 66.8 Å². The van der Waals surface area contributed by atoms with Crippen LogP contribution in [0.1, 0.15) is 24.1 Å². The Balaban J connectivity index is 1.92. The third-order valence-corrected chi connectivity index (χ3v) is 5.06. The van der Waals surface area contributed by atoms with Crippen LogP contribution in [0, 0.1) is 5.82 Å². The standard InChI is InChI=1S/C25H20FNO4/c1-2-31-20-13-6-10-17(14-20)23(28)21-22(16-8-4-3-5-9-16)27(25(30)24(21)29)19-12-7-11-18(26)15-19/h3-15,22,28H,2H2,1H3/b23-21+. The molecule has 3 aromatic carbocycles. The largest absolute Gasteiger partial charge is 0.507 e. The molecule has 0 aliphatic carbocycles. The van der Waals surface area contributed by atoms with E-state index in [1.807, 2.05) is 13.0 Å². The highest BCUT2D eigenvalue weighted by Gasteiger charge is 2.47. The highest BCUT2D eigenvalue weighted by Crippen LogP contribution is 2.42. The molecule has 156 valence electrons. The van der Waals surface area contributed by atoms with Gasteiger partial charge in [-0.15, -0.1) is 0 Å². The number of ether oxygens (including phenoxy) is 1. The van der Waals surface area contributed by atoms with Gasteiger partial charge in [0.25, 0.3) is 11.7 Å². The summed E-state index contributed by atoms with van der Waals surface area (Å²) in [5, 5.41) is 11.1. The molecule has 1 aliphatic heterocycles. The van der Waals surface area contributed by atoms with Crippen molar-refractivity contribution in [2.75, 3.05) is 11.5 Å². The van der Waals surface area contributed by atoms with Crippen molar-refractivity contribution in [2.45, 2.75) is 13.0 Å². The fraction of sp³-hybridized carbons (Fsp3) is 0.120. The molecule has 4 rings (SSSR count). The van der Waals surface area contributed by atoms with Crippen LogP contribution in [0.3, 0.4) is 0 Å². The molecule has 1 aliphatic rings. The van der Waals surface area contributed by atoms with Crippen LogP contribution in [-0.4, -0.2) is 23.4 Å². The van der Waals surface area contributed by atoms with Gasteiger partial charge >= 0.3 is 0 Å². The number of Topliss-reactive ketones (excluding diaryl/α,β-unsaturated/α-hetero) is 1. The molecular weight excluding hydrogens is 397 g/mol. The van der Waals surface area contributed by atoms with Crippen LogP contribution >= 0.6 is 0 Å². The SMILES string of the molecule is CCOc1cccc(/C(O)=C2\C(=O)C(=O)N(c3cccc(F)c3)C2c2ccccc2)c1. The Bertz CT molecular complexity index is 1170. The zero-order chi connectivity index (χ0) is 22.0. The van der Waals surface area contributed by atoms with Gasteiger partial charge in [0.05, 0.1) is 18.2 Å². The van der Waals surface area contributed by atoms with E-state index in [1.54, 1.807) is 54.6 Å². The van der Waals surface area contributed by atoms with E-state index in [0.717, 1.165) is 0 Å². The van der Waals surface area contributed by atoms with Gasteiger partial charge in [0.1, 0.15) is 17.3 Å². The number of ketones is 1. The maximum Gasteiger partial charge on any atom is 0.300 e. The van der Waals surface area contributed by atoms with Crippen molar-refractivity contribution < 1.29 is 23.8 Å². The van der Waals surface area contributed by atoms with Gasteiger partial charge in [-0.05, 0) is 42.8 Å². The first-order valence-corrected chi connectivity index (χ1v) is 9.86. The number of aliphatic hydroxyl groups excluding tert-OH is 1. The lowest BCUT2D eigenvalue weighted by molar-refractivity contribution is -0.132. The first kappa shape index (κ1) is 20.3. The number of carbonyl (C=O) groups is 2. The number of hydrogen-bond acceptors (Lipinski definition) is 4. The average molecular weight is 417 g/mol. The molecule has 0 spiro atoms. The van der Waals surface area contributed by atoms with Gasteiger partial charge in [0.2, 0.25) is 0 Å². The van der Waals surface area contributed by atoms with Crippen molar-refractivity contribution in [3.8, 4) is 5.75 Å². The molecular formula is C25H20FNO4. The lowest BCUT2D eigenvalue weighted by Crippen LogP contribution is -2.29. The molecule has 0 saturated carbocycles. The van der Waals surface area contributed by atoms with Crippen LogP contribution in [-0.2, 0) is 9.59 Å². The van der Waals surface area contributed by atoms with E-state index in [0.29, 0.717) is 23.5 Å². The van der Waals surface area contributed by atoms with Gasteiger partial charge in [-0.1, -0.05) is 48.5 Å². The zero-order valence-electron chi connectivity index (χ0n) is 16.8. The van der Waals surface area contributed by atoms with Crippen molar-refractivity contribution in [3.63, 3.8) is 0 Å². The van der Waals surface area contributed by atoms with Crippen LogP contribution < -0.4 is 9.64 Å². The molecule has 0 radical (unpaired) electrons. The average Bonchev–Trinajstić information content (AvgIpc) is 3.05. The van der Waals surface area contributed by atoms with Crippen LogP contribution in [0.25, 0.3) is 5.76 Å². The summed E-state index contributed by atoms with van der Waals surface area (Å²) < 4.78 is 19.4. The zero-order valence-corrected chi connectivity index (χ0v) is 16.8. The summed E-state index contributed by atoms with van der Waals surface area (Å²) in [5.41, 5.74) is 1.14. The van der Waals surface area contributed by atoms with Crippen LogP contribution in [0.15, 0.2) is 84.4 Å². The van der Waals surface area contributed by atoms with Crippen molar-refractivity contribution in [3.05, 3.63) is 101 Å². The highest BCUT2D eigenvalue weighted by atomic mass is 19.1. The number of anilines is 1. The summed E-state index contributed by atoms with van der Waals surface area (Å²) in [6, 6.07) is 20.1. The number of hydrogen-bond donors (Lipinski definition) is 1. The minimum absolute atomic E-state index is 0.0610. The summed E-state index contributed by atoms with van der Waals surface area (Å²) in [7, 11) is 0. The number of rotatable bonds is 5. The van der Waals surface area contributed by atoms with E-state index < -0.39 is 23.5 Å². The molecule has 5 nitrogen and oxygen atoms in total. The molecule has 1 unspecified atom stereocenters. The number of aliphatic hydroxyl groups is 1. The minimum atomic E-state index is -0.904. The Morgan fingerprint density at radius 3 is 2.45 bits per heavy atom. The van der Waals surface area contributed by atoms with Gasteiger partial charge < -0.3 is 9.84 Å². The van der Waals surface area contributed by atoms with Crippen LogP contribution in [0.4, 0.5) is 10.1 Å². The Labute approximate surface area is 179 Å². The number of amides is 1. The number of carbonyl (C=O) groups excluding carboxylic acids is 2. The molecule has 1 amide bonds. The van der Waals surface area contributed by atoms with Gasteiger partial charge in [-0.3, -0.25) is 14.5 Å². The quantitative estimate of drug-likeness (QED) is 0.366. The smallest absolute Gasteiger partial charge is 0.300 e. The van der Waals surface area contributed by atoms with E-state index in [-0.39, 0.29) is 17.0 Å². The summed E-state index contributed by atoms with van der Waals surface area (Å²) >= 11 is 0. The van der Waals surface area contributed by atoms with Crippen molar-refractivity contribution in [1.29, 1.82) is 0 Å². The third kappa shape index (κ3) is 3.80. The monoisotopic (exact) mass is 417 g/mol. The molecule has 6 heteroatoms. The molecule has 31 heavy (non-hydrogen) atoms. The predicted molar refractivity (Wildman–Crippen MR) is 115 cm³/mol. The summed E-state index contributed by atoms with van der Waals surface area (Å²) in [6.45, 7) is 2.28. The van der Waals surface area contributed by atoms with Gasteiger partial charge in [-0.2, -0.15) is 0 Å². The molecule has 1 N–H and O–H groups in total. The number of halogens is 1. The van der Waals surface area contributed by atoms with Crippen LogP contribution in [0.2, 0.25) is 0 Å². The van der Waals surface area contributed by atoms with E-state index in [9.17, 15) is 19.1 Å². The fourth-order valence-corrected chi connectivity index (χ4v) is 3.73. The Morgan fingerprint density at radius 2 is 1.74 bits per heavy atom. The second-order valence-corrected chi connectivity index (χ2v) is 7.02. The number of benzene rings is 3. The molecule has 3 aromatic rings. The Kier molecular flexibility index (Phi) is 5.54. The number of nitrogens with zero attached hydrogens (tertiary/aromatic N) is 1. The molecule has 1 fully saturated rings. The van der Waals surface area contributed by atoms with Gasteiger partial charge in [0, 0.05) is 11.3 Å². The predicted octanol–water partition coefficient (Wildman–Crippen LogP) is 4.85. The first-order valence-electron chi connectivity index (χ1n) is 9.86. The summed E-state index contributed by atoms with van der Waals surface area (Å²) in [5.74, 6) is -1.98. The second-order valence-electron chi connectivity index (χ2n) is 7.02. The minimum Gasteiger partial charge on any atom is -0.507 e. The molecule has 1 saturated heterocycles. The van der Waals surface area contributed by atoms with E-state index in [4.69, 9.17) is 4.74 Å². The first-order chi connectivity index (χ1) is 15.0. The van der Waals surface area contributed by atoms with Crippen molar-refractivity contribution in [1.82, 2.24) is 0 Å². The van der Waals surface area contributed by atoms with Gasteiger partial charge in [-0.25, -0.2) is 4.39 Å². The lowest BCUT2D eigenvalue weighted by Gasteiger charge is -2.25. The second kappa shape index (κ2) is 8.44. The molecule has 0 aromatic heterocycles. The lowest BCUT2D eigenvalue weighted by atomic mass is 9.95. The highest BCUT2D eigenvalue weighted by molar-refractivity contribution is 6.51. The van der Waals surface area contributed by atoms with Crippen molar-refractivity contribution in [2.24, 2.45) is 0 Å². The van der Waals surface area contributed by atoms with E-state index in [2.05, 4.69) is 0 Å².